The van der Waals surface area contributed by atoms with Crippen molar-refractivity contribution in [3.05, 3.63) is 47.4 Å². The molecule has 3 aliphatic rings. The van der Waals surface area contributed by atoms with E-state index in [1.807, 2.05) is 4.90 Å². The summed E-state index contributed by atoms with van der Waals surface area (Å²) >= 11 is 0. The zero-order valence-electron chi connectivity index (χ0n) is 24.1. The van der Waals surface area contributed by atoms with Gasteiger partial charge in [0.2, 0.25) is 11.7 Å². The lowest BCUT2D eigenvalue weighted by Gasteiger charge is -2.42. The van der Waals surface area contributed by atoms with Gasteiger partial charge in [0.1, 0.15) is 17.5 Å². The van der Waals surface area contributed by atoms with Crippen LogP contribution in [-0.4, -0.2) is 108 Å². The molecule has 0 aromatic heterocycles. The van der Waals surface area contributed by atoms with Crippen LogP contribution in [0.3, 0.4) is 0 Å². The van der Waals surface area contributed by atoms with E-state index in [2.05, 4.69) is 16.9 Å². The number of nitrogens with zero attached hydrogens (tertiary/aromatic N) is 4. The molecule has 0 radical (unpaired) electrons. The molecule has 238 valence electrons. The van der Waals surface area contributed by atoms with Gasteiger partial charge in [0.05, 0.1) is 19.3 Å². The molecule has 3 atom stereocenters. The van der Waals surface area contributed by atoms with E-state index in [9.17, 15) is 35.9 Å². The first kappa shape index (κ1) is 32.4. The Kier molecular flexibility index (Phi) is 9.52. The second kappa shape index (κ2) is 12.6. The van der Waals surface area contributed by atoms with Crippen LogP contribution in [-0.2, 0) is 20.7 Å². The first-order chi connectivity index (χ1) is 20.0. The van der Waals surface area contributed by atoms with E-state index >= 15 is 0 Å². The lowest BCUT2D eigenvalue weighted by atomic mass is 9.99. The van der Waals surface area contributed by atoms with E-state index in [0.29, 0.717) is 44.1 Å². The number of nitrogens with one attached hydrogen (secondary N) is 1. The lowest BCUT2D eigenvalue weighted by Crippen LogP contribution is -2.59. The minimum atomic E-state index is -4.71. The summed E-state index contributed by atoms with van der Waals surface area (Å²) in [5, 5.41) is 2.49. The summed E-state index contributed by atoms with van der Waals surface area (Å²) in [7, 11) is 0. The number of rotatable bonds is 7. The topological polar surface area (TPSA) is 86.7 Å². The number of hydrogen-bond acceptors (Lipinski definition) is 7. The van der Waals surface area contributed by atoms with Gasteiger partial charge in [-0.1, -0.05) is 6.58 Å². The van der Waals surface area contributed by atoms with E-state index in [-0.39, 0.29) is 31.6 Å². The van der Waals surface area contributed by atoms with Crippen LogP contribution in [0.5, 0.6) is 0 Å². The average Bonchev–Trinajstić information content (AvgIpc) is 3.30. The maximum Gasteiger partial charge on any atom is 0.449 e. The average molecular weight is 620 g/mol. The Labute approximate surface area is 245 Å². The highest BCUT2D eigenvalue weighted by Crippen LogP contribution is 2.34. The summed E-state index contributed by atoms with van der Waals surface area (Å²) in [6.07, 6.45) is -6.41. The van der Waals surface area contributed by atoms with Gasteiger partial charge < -0.3 is 29.5 Å². The number of ether oxygens (including phenoxy) is 2. The van der Waals surface area contributed by atoms with Crippen LogP contribution in [0, 0.1) is 17.5 Å². The highest BCUT2D eigenvalue weighted by Gasteiger charge is 2.52. The molecule has 15 heteroatoms. The fraction of sp³-hybridized carbons (Fsp3) is 0.607. The number of morpholine rings is 1. The smallest absolute Gasteiger partial charge is 0.444 e. The number of fused-ring (bicyclic) bond motifs is 1. The van der Waals surface area contributed by atoms with Crippen molar-refractivity contribution in [2.45, 2.75) is 63.5 Å². The van der Waals surface area contributed by atoms with Crippen LogP contribution in [0.25, 0.3) is 0 Å². The molecule has 2 fully saturated rings. The van der Waals surface area contributed by atoms with Crippen molar-refractivity contribution in [2.24, 2.45) is 4.99 Å². The largest absolute Gasteiger partial charge is 0.449 e. The molecule has 2 unspecified atom stereocenters. The Morgan fingerprint density at radius 1 is 1.05 bits per heavy atom. The molecule has 3 aliphatic heterocycles. The predicted molar refractivity (Wildman–Crippen MR) is 144 cm³/mol. The summed E-state index contributed by atoms with van der Waals surface area (Å²) in [6.45, 7) is 10.2. The van der Waals surface area contributed by atoms with Crippen LogP contribution in [0.1, 0.15) is 32.8 Å². The molecule has 0 aliphatic carbocycles. The number of carbonyl (C=O) groups excluding carboxylic acids is 2. The van der Waals surface area contributed by atoms with Crippen molar-refractivity contribution < 1.29 is 45.4 Å². The molecule has 1 aromatic rings. The molecule has 1 N–H and O–H groups in total. The molecule has 0 spiro atoms. The van der Waals surface area contributed by atoms with Crippen LogP contribution in [0.4, 0.5) is 31.1 Å². The number of hydrogen-bond donors (Lipinski definition) is 1. The minimum absolute atomic E-state index is 0.0696. The summed E-state index contributed by atoms with van der Waals surface area (Å²) in [4.78, 5) is 34.4. The number of carbonyl (C=O) groups is 2. The minimum Gasteiger partial charge on any atom is -0.444 e. The highest BCUT2D eigenvalue weighted by atomic mass is 19.4. The van der Waals surface area contributed by atoms with E-state index < -0.39 is 71.6 Å². The van der Waals surface area contributed by atoms with Crippen molar-refractivity contribution in [2.75, 3.05) is 45.9 Å². The molecular weight excluding hydrogens is 584 g/mol. The van der Waals surface area contributed by atoms with E-state index in [1.54, 1.807) is 20.8 Å². The van der Waals surface area contributed by atoms with Crippen molar-refractivity contribution in [1.29, 1.82) is 0 Å². The van der Waals surface area contributed by atoms with Gasteiger partial charge in [-0.3, -0.25) is 9.79 Å². The Hall–Kier alpha value is -3.49. The Balaban J connectivity index is 1.52. The SMILES string of the molecule is C=C(C1N=C(C(F)(F)F)N2CCN(C(=O)C[C@@H](Cc3cc(F)c(F)cc3F)NC(=O)OC(C)(C)C)CC12)N1CCOCC1. The van der Waals surface area contributed by atoms with Crippen molar-refractivity contribution >= 4 is 17.8 Å². The Morgan fingerprint density at radius 3 is 2.33 bits per heavy atom. The lowest BCUT2D eigenvalue weighted by molar-refractivity contribution is -0.134. The number of alkyl halides is 3. The van der Waals surface area contributed by atoms with E-state index in [1.165, 1.54) is 4.90 Å². The van der Waals surface area contributed by atoms with Crippen LogP contribution in [0.15, 0.2) is 29.4 Å². The first-order valence-corrected chi connectivity index (χ1v) is 13.9. The van der Waals surface area contributed by atoms with Crippen molar-refractivity contribution in [3.63, 3.8) is 0 Å². The molecule has 3 heterocycles. The third kappa shape index (κ3) is 7.92. The van der Waals surface area contributed by atoms with Gasteiger partial charge in [0.15, 0.2) is 11.6 Å². The molecule has 2 amide bonds. The maximum absolute atomic E-state index is 14.5. The molecule has 4 rings (SSSR count). The van der Waals surface area contributed by atoms with Gasteiger partial charge in [-0.2, -0.15) is 13.2 Å². The summed E-state index contributed by atoms with van der Waals surface area (Å²) < 4.78 is 94.2. The van der Waals surface area contributed by atoms with Crippen LogP contribution >= 0.6 is 0 Å². The number of amidine groups is 1. The third-order valence-electron chi connectivity index (χ3n) is 7.38. The molecule has 0 bridgehead atoms. The van der Waals surface area contributed by atoms with Gasteiger partial charge >= 0.3 is 12.3 Å². The second-order valence-electron chi connectivity index (χ2n) is 11.7. The summed E-state index contributed by atoms with van der Waals surface area (Å²) in [5.41, 5.74) is -0.790. The standard InChI is InChI=1S/C28H35F6N5O4/c1-16(37-7-9-42-10-8-37)24-22-15-38(5-6-39(22)25(36-24)28(32,33)34)23(40)13-18(35-26(41)43-27(2,3)4)11-17-12-20(30)21(31)14-19(17)29/h12,14,18,22,24H,1,5-11,13,15H2,2-4H3,(H,35,41)/t18-,22?,24?/m1/s1. The monoisotopic (exact) mass is 619 g/mol. The number of piperazine rings is 1. The van der Waals surface area contributed by atoms with Gasteiger partial charge in [0, 0.05) is 56.9 Å². The fourth-order valence-corrected chi connectivity index (χ4v) is 5.41. The fourth-order valence-electron chi connectivity index (χ4n) is 5.41. The quantitative estimate of drug-likeness (QED) is 0.371. The summed E-state index contributed by atoms with van der Waals surface area (Å²) in [6, 6.07) is -1.89. The predicted octanol–water partition coefficient (Wildman–Crippen LogP) is 3.63. The molecule has 9 nitrogen and oxygen atoms in total. The van der Waals surface area contributed by atoms with Crippen molar-refractivity contribution in [3.8, 4) is 0 Å². The summed E-state index contributed by atoms with van der Waals surface area (Å²) in [5.74, 6) is -5.33. The number of benzene rings is 1. The van der Waals surface area contributed by atoms with Gasteiger partial charge in [-0.05, 0) is 38.8 Å². The molecule has 0 saturated carbocycles. The number of aliphatic imine (C=N–C) groups is 1. The van der Waals surface area contributed by atoms with Gasteiger partial charge in [-0.15, -0.1) is 0 Å². The zero-order chi connectivity index (χ0) is 31.7. The molecular formula is C28H35F6N5O4. The number of halogens is 6. The van der Waals surface area contributed by atoms with E-state index in [4.69, 9.17) is 9.47 Å². The number of amides is 2. The van der Waals surface area contributed by atoms with Crippen LogP contribution < -0.4 is 5.32 Å². The second-order valence-corrected chi connectivity index (χ2v) is 11.7. The van der Waals surface area contributed by atoms with Crippen LogP contribution in [0.2, 0.25) is 0 Å². The molecule has 43 heavy (non-hydrogen) atoms. The third-order valence-corrected chi connectivity index (χ3v) is 7.38. The molecule has 2 saturated heterocycles. The van der Waals surface area contributed by atoms with Gasteiger partial charge in [-0.25, -0.2) is 18.0 Å². The van der Waals surface area contributed by atoms with E-state index in [0.717, 1.165) is 4.90 Å². The van der Waals surface area contributed by atoms with Crippen molar-refractivity contribution in [1.82, 2.24) is 20.0 Å². The Bertz CT molecular complexity index is 1260. The van der Waals surface area contributed by atoms with Gasteiger partial charge in [0.25, 0.3) is 0 Å². The number of alkyl carbamates (subject to hydrolysis) is 1. The zero-order valence-corrected chi connectivity index (χ0v) is 24.1. The highest BCUT2D eigenvalue weighted by molar-refractivity contribution is 5.90. The molecule has 1 aromatic carbocycles. The normalized spacial score (nSPS) is 21.7. The Morgan fingerprint density at radius 2 is 1.70 bits per heavy atom. The maximum atomic E-state index is 14.5. The first-order valence-electron chi connectivity index (χ1n) is 13.9.